The third kappa shape index (κ3) is 3.58. The molecule has 1 N–H and O–H groups in total. The number of hydrogen-bond acceptors (Lipinski definition) is 5. The van der Waals surface area contributed by atoms with Crippen molar-refractivity contribution >= 4 is 33.8 Å². The van der Waals surface area contributed by atoms with Crippen LogP contribution in [0.5, 0.6) is 0 Å². The number of amides is 1. The maximum Gasteiger partial charge on any atom is 0.435 e. The molecule has 130 valence electrons. The summed E-state index contributed by atoms with van der Waals surface area (Å²) in [7, 11) is 1.45. The average molecular weight is 368 g/mol. The van der Waals surface area contributed by atoms with Crippen LogP contribution in [0, 0.1) is 6.92 Å². The molecule has 0 aliphatic carbocycles. The zero-order valence-electron chi connectivity index (χ0n) is 13.3. The third-order valence-electron chi connectivity index (χ3n) is 3.56. The van der Waals surface area contributed by atoms with Crippen molar-refractivity contribution in [3.05, 3.63) is 40.7 Å². The van der Waals surface area contributed by atoms with E-state index in [0.717, 1.165) is 11.3 Å². The van der Waals surface area contributed by atoms with Crippen molar-refractivity contribution in [2.24, 2.45) is 5.10 Å². The highest BCUT2D eigenvalue weighted by atomic mass is 32.1. The summed E-state index contributed by atoms with van der Waals surface area (Å²) in [5, 5.41) is 6.41. The number of nitrogens with one attached hydrogen (secondary N) is 1. The highest BCUT2D eigenvalue weighted by Crippen LogP contribution is 2.27. The van der Waals surface area contributed by atoms with Gasteiger partial charge in [-0.05, 0) is 18.6 Å². The molecule has 0 bridgehead atoms. The lowest BCUT2D eigenvalue weighted by molar-refractivity contribution is -0.499. The van der Waals surface area contributed by atoms with E-state index >= 15 is 0 Å². The fraction of sp³-hybridized carbons (Fsp3) is 0.267. The van der Waals surface area contributed by atoms with Gasteiger partial charge in [0.1, 0.15) is 10.6 Å². The molecule has 2 aromatic heterocycles. The number of alkyl halides is 3. The molecular formula is C15H13F3N5OS+. The molecule has 0 radical (unpaired) electrons. The lowest BCUT2D eigenvalue weighted by atomic mass is 10.2. The number of aryl methyl sites for hydroxylation is 1. The van der Waals surface area contributed by atoms with Crippen LogP contribution >= 0.6 is 11.3 Å². The monoisotopic (exact) mass is 368 g/mol. The number of thiazole rings is 1. The Bertz CT molecular complexity index is 901. The van der Waals surface area contributed by atoms with Crippen LogP contribution in [0.2, 0.25) is 0 Å². The summed E-state index contributed by atoms with van der Waals surface area (Å²) in [5.74, 6) is -0.420. The van der Waals surface area contributed by atoms with Gasteiger partial charge in [-0.25, -0.2) is 4.98 Å². The zero-order chi connectivity index (χ0) is 18.2. The SMILES string of the molecule is Cc1cccnc1C(=O)Nc1ncc(C2=[N+](C)N=C(C(F)(F)F)C2)s1. The summed E-state index contributed by atoms with van der Waals surface area (Å²) >= 11 is 1.09. The van der Waals surface area contributed by atoms with Gasteiger partial charge >= 0.3 is 6.18 Å². The third-order valence-corrected chi connectivity index (χ3v) is 4.52. The Morgan fingerprint density at radius 3 is 2.76 bits per heavy atom. The molecule has 0 saturated carbocycles. The summed E-state index contributed by atoms with van der Waals surface area (Å²) in [6, 6.07) is 3.48. The van der Waals surface area contributed by atoms with Gasteiger partial charge in [0.2, 0.25) is 5.71 Å². The highest BCUT2D eigenvalue weighted by molar-refractivity contribution is 7.17. The van der Waals surface area contributed by atoms with Gasteiger partial charge < -0.3 is 0 Å². The number of rotatable bonds is 3. The van der Waals surface area contributed by atoms with Crippen molar-refractivity contribution in [2.45, 2.75) is 19.5 Å². The molecule has 0 saturated heterocycles. The smallest absolute Gasteiger partial charge is 0.296 e. The second-order valence-corrected chi connectivity index (χ2v) is 6.37. The quantitative estimate of drug-likeness (QED) is 0.847. The summed E-state index contributed by atoms with van der Waals surface area (Å²) in [6.45, 7) is 1.76. The highest BCUT2D eigenvalue weighted by Gasteiger charge is 2.44. The second-order valence-electron chi connectivity index (χ2n) is 5.34. The van der Waals surface area contributed by atoms with Gasteiger partial charge in [0, 0.05) is 11.3 Å². The topological polar surface area (TPSA) is 70.2 Å². The molecule has 1 aliphatic heterocycles. The predicted molar refractivity (Wildman–Crippen MR) is 87.4 cm³/mol. The van der Waals surface area contributed by atoms with Gasteiger partial charge in [0.15, 0.2) is 17.9 Å². The number of hydrogen-bond donors (Lipinski definition) is 1. The second kappa shape index (κ2) is 6.36. The molecule has 0 unspecified atom stereocenters. The maximum absolute atomic E-state index is 12.8. The molecule has 3 rings (SSSR count). The molecule has 10 heteroatoms. The number of aromatic nitrogens is 2. The van der Waals surface area contributed by atoms with Crippen LogP contribution in [-0.4, -0.2) is 45.2 Å². The number of hydrazone groups is 1. The largest absolute Gasteiger partial charge is 0.435 e. The van der Waals surface area contributed by atoms with Crippen LogP contribution in [0.15, 0.2) is 29.6 Å². The minimum absolute atomic E-state index is 0.271. The molecule has 3 heterocycles. The van der Waals surface area contributed by atoms with Gasteiger partial charge in [0.25, 0.3) is 5.91 Å². The molecule has 0 fully saturated rings. The standard InChI is InChI=1S/C15H12F3N5OS/c1-8-4-3-5-19-12(8)13(24)21-14-20-7-10(25-14)9-6-11(15(16,17)18)22-23(9)2/h3-5,7H,6H2,1-2H3/p+1. The first-order chi connectivity index (χ1) is 11.8. The Labute approximate surface area is 144 Å². The van der Waals surface area contributed by atoms with Crippen LogP contribution in [0.1, 0.15) is 27.3 Å². The van der Waals surface area contributed by atoms with E-state index in [4.69, 9.17) is 0 Å². The van der Waals surface area contributed by atoms with E-state index in [1.54, 1.807) is 19.1 Å². The van der Waals surface area contributed by atoms with Crippen molar-refractivity contribution < 1.29 is 22.7 Å². The summed E-state index contributed by atoms with van der Waals surface area (Å²) in [5.41, 5.74) is 0.518. The van der Waals surface area contributed by atoms with Gasteiger partial charge in [0.05, 0.1) is 12.6 Å². The summed E-state index contributed by atoms with van der Waals surface area (Å²) in [4.78, 5) is 20.8. The lowest BCUT2D eigenvalue weighted by Gasteiger charge is -2.03. The fourth-order valence-electron chi connectivity index (χ4n) is 2.30. The maximum atomic E-state index is 12.8. The number of halogens is 3. The van der Waals surface area contributed by atoms with Gasteiger partial charge in [-0.2, -0.15) is 13.2 Å². The average Bonchev–Trinajstić information content (AvgIpc) is 3.13. The van der Waals surface area contributed by atoms with E-state index in [1.165, 1.54) is 24.1 Å². The first kappa shape index (κ1) is 17.2. The van der Waals surface area contributed by atoms with E-state index in [2.05, 4.69) is 20.4 Å². The van der Waals surface area contributed by atoms with Crippen LogP contribution in [0.3, 0.4) is 0 Å². The Hall–Kier alpha value is -2.62. The number of pyridine rings is 1. The summed E-state index contributed by atoms with van der Waals surface area (Å²) in [6.07, 6.45) is -1.86. The fourth-order valence-corrected chi connectivity index (χ4v) is 3.18. The minimum atomic E-state index is -4.46. The molecule has 0 atom stereocenters. The van der Waals surface area contributed by atoms with E-state index in [1.807, 2.05) is 0 Å². The molecule has 1 amide bonds. The van der Waals surface area contributed by atoms with Crippen molar-refractivity contribution in [3.8, 4) is 0 Å². The lowest BCUT2D eigenvalue weighted by Crippen LogP contribution is -2.22. The van der Waals surface area contributed by atoms with Crippen molar-refractivity contribution in [3.63, 3.8) is 0 Å². The molecule has 0 spiro atoms. The number of carbonyl (C=O) groups is 1. The molecule has 25 heavy (non-hydrogen) atoms. The van der Waals surface area contributed by atoms with Crippen molar-refractivity contribution in [2.75, 3.05) is 12.4 Å². The number of nitrogens with zero attached hydrogens (tertiary/aromatic N) is 4. The molecule has 1 aliphatic rings. The Morgan fingerprint density at radius 2 is 2.12 bits per heavy atom. The Kier molecular flexibility index (Phi) is 4.38. The Balaban J connectivity index is 1.75. The van der Waals surface area contributed by atoms with Crippen LogP contribution in [-0.2, 0) is 0 Å². The minimum Gasteiger partial charge on any atom is -0.296 e. The molecule has 6 nitrogen and oxygen atoms in total. The van der Waals surface area contributed by atoms with E-state index in [9.17, 15) is 18.0 Å². The first-order valence-electron chi connectivity index (χ1n) is 7.19. The van der Waals surface area contributed by atoms with Crippen LogP contribution in [0.4, 0.5) is 18.3 Å². The molecule has 0 aromatic carbocycles. The number of anilines is 1. The van der Waals surface area contributed by atoms with E-state index in [0.29, 0.717) is 16.2 Å². The van der Waals surface area contributed by atoms with E-state index in [-0.39, 0.29) is 17.2 Å². The predicted octanol–water partition coefficient (Wildman–Crippen LogP) is 2.85. The molecular weight excluding hydrogens is 355 g/mol. The normalized spacial score (nSPS) is 14.7. The van der Waals surface area contributed by atoms with Crippen LogP contribution < -0.4 is 5.32 Å². The first-order valence-corrected chi connectivity index (χ1v) is 8.00. The van der Waals surface area contributed by atoms with Gasteiger partial charge in [-0.1, -0.05) is 22.1 Å². The molecule has 2 aromatic rings. The van der Waals surface area contributed by atoms with Crippen molar-refractivity contribution in [1.29, 1.82) is 0 Å². The number of carbonyl (C=O) groups excluding carboxylic acids is 1. The van der Waals surface area contributed by atoms with E-state index < -0.39 is 17.8 Å². The summed E-state index contributed by atoms with van der Waals surface area (Å²) < 4.78 is 39.5. The Morgan fingerprint density at radius 1 is 1.36 bits per heavy atom. The van der Waals surface area contributed by atoms with Crippen molar-refractivity contribution in [1.82, 2.24) is 9.97 Å². The zero-order valence-corrected chi connectivity index (χ0v) is 14.1. The van der Waals surface area contributed by atoms with Crippen LogP contribution in [0.25, 0.3) is 0 Å². The van der Waals surface area contributed by atoms with Gasteiger partial charge in [-0.15, -0.1) is 0 Å². The van der Waals surface area contributed by atoms with Gasteiger partial charge in [-0.3, -0.25) is 15.1 Å².